The molecule has 0 heterocycles. The predicted molar refractivity (Wildman–Crippen MR) is 87.9 cm³/mol. The van der Waals surface area contributed by atoms with Crippen LogP contribution in [-0.2, 0) is 0 Å². The molecule has 0 saturated carbocycles. The van der Waals surface area contributed by atoms with Crippen molar-refractivity contribution in [3.63, 3.8) is 0 Å². The van der Waals surface area contributed by atoms with E-state index in [4.69, 9.17) is 0 Å². The highest BCUT2D eigenvalue weighted by Gasteiger charge is 2.08. The largest absolute Gasteiger partial charge is 0.344 e. The summed E-state index contributed by atoms with van der Waals surface area (Å²) < 4.78 is 0. The molecule has 0 aliphatic carbocycles. The number of anilines is 2. The van der Waals surface area contributed by atoms with E-state index in [1.807, 2.05) is 0 Å². The number of rotatable bonds is 2. The molecule has 0 spiro atoms. The van der Waals surface area contributed by atoms with Crippen LogP contribution in [0.15, 0.2) is 60.7 Å². The normalized spacial score (nSPS) is 10.8. The third kappa shape index (κ3) is 2.27. The lowest BCUT2D eigenvalue weighted by atomic mass is 10.1. The second-order valence-electron chi connectivity index (χ2n) is 5.40. The maximum absolute atomic E-state index is 2.27. The fourth-order valence-electron chi connectivity index (χ4n) is 2.78. The molecule has 3 aromatic carbocycles. The quantitative estimate of drug-likeness (QED) is 0.611. The molecule has 20 heavy (non-hydrogen) atoms. The van der Waals surface area contributed by atoms with Crippen LogP contribution in [0, 0.1) is 13.8 Å². The highest BCUT2D eigenvalue weighted by Crippen LogP contribution is 2.31. The summed E-state index contributed by atoms with van der Waals surface area (Å²) in [7, 11) is 2.13. The first-order chi connectivity index (χ1) is 9.65. The third-order valence-corrected chi connectivity index (χ3v) is 3.72. The molecular weight excluding hydrogens is 242 g/mol. The highest BCUT2D eigenvalue weighted by molar-refractivity contribution is 5.95. The Labute approximate surface area is 120 Å². The Kier molecular flexibility index (Phi) is 3.19. The summed E-state index contributed by atoms with van der Waals surface area (Å²) in [6.07, 6.45) is 0. The topological polar surface area (TPSA) is 3.24 Å². The van der Waals surface area contributed by atoms with Crippen LogP contribution in [0.25, 0.3) is 10.8 Å². The van der Waals surface area contributed by atoms with Gasteiger partial charge in [0.05, 0.1) is 0 Å². The van der Waals surface area contributed by atoms with Gasteiger partial charge in [-0.25, -0.2) is 0 Å². The molecule has 0 aliphatic heterocycles. The summed E-state index contributed by atoms with van der Waals surface area (Å²) >= 11 is 0. The predicted octanol–water partition coefficient (Wildman–Crippen LogP) is 5.22. The van der Waals surface area contributed by atoms with Crippen molar-refractivity contribution in [3.05, 3.63) is 71.8 Å². The Morgan fingerprint density at radius 1 is 0.750 bits per heavy atom. The lowest BCUT2D eigenvalue weighted by molar-refractivity contribution is 1.20. The van der Waals surface area contributed by atoms with Gasteiger partial charge in [0.1, 0.15) is 0 Å². The van der Waals surface area contributed by atoms with E-state index in [1.54, 1.807) is 0 Å². The van der Waals surface area contributed by atoms with Crippen LogP contribution >= 0.6 is 0 Å². The van der Waals surface area contributed by atoms with Crippen LogP contribution < -0.4 is 4.90 Å². The average Bonchev–Trinajstić information content (AvgIpc) is 2.45. The van der Waals surface area contributed by atoms with E-state index >= 15 is 0 Å². The molecule has 0 radical (unpaired) electrons. The van der Waals surface area contributed by atoms with Crippen molar-refractivity contribution in [2.24, 2.45) is 0 Å². The van der Waals surface area contributed by atoms with Gasteiger partial charge in [-0.15, -0.1) is 0 Å². The van der Waals surface area contributed by atoms with Gasteiger partial charge in [0.15, 0.2) is 0 Å². The maximum atomic E-state index is 2.27. The number of benzene rings is 3. The number of hydrogen-bond acceptors (Lipinski definition) is 1. The van der Waals surface area contributed by atoms with Crippen LogP contribution in [0.1, 0.15) is 11.1 Å². The van der Waals surface area contributed by atoms with E-state index in [0.717, 1.165) is 0 Å². The van der Waals surface area contributed by atoms with Crippen LogP contribution in [0.5, 0.6) is 0 Å². The molecule has 3 aromatic rings. The van der Waals surface area contributed by atoms with Crippen LogP contribution in [0.2, 0.25) is 0 Å². The SMILES string of the molecule is Cc1cc(C)cc(N(C)c2cccc3ccccc23)c1. The van der Waals surface area contributed by atoms with Crippen molar-refractivity contribution >= 4 is 22.1 Å². The van der Waals surface area contributed by atoms with Gasteiger partial charge in [-0.3, -0.25) is 0 Å². The minimum Gasteiger partial charge on any atom is -0.344 e. The zero-order valence-electron chi connectivity index (χ0n) is 12.2. The van der Waals surface area contributed by atoms with Crippen molar-refractivity contribution < 1.29 is 0 Å². The molecule has 0 unspecified atom stereocenters. The molecule has 0 aliphatic rings. The molecular formula is C19H19N. The van der Waals surface area contributed by atoms with Crippen molar-refractivity contribution in [2.75, 3.05) is 11.9 Å². The van der Waals surface area contributed by atoms with Crippen LogP contribution in [-0.4, -0.2) is 7.05 Å². The van der Waals surface area contributed by atoms with E-state index in [1.165, 1.54) is 33.3 Å². The Morgan fingerprint density at radius 2 is 1.40 bits per heavy atom. The molecule has 0 atom stereocenters. The minimum absolute atomic E-state index is 1.24. The summed E-state index contributed by atoms with van der Waals surface area (Å²) in [5.41, 5.74) is 5.08. The summed E-state index contributed by atoms with van der Waals surface area (Å²) in [4.78, 5) is 2.27. The van der Waals surface area contributed by atoms with Gasteiger partial charge < -0.3 is 4.90 Å². The second kappa shape index (κ2) is 5.01. The molecule has 0 saturated heterocycles. The van der Waals surface area contributed by atoms with Crippen molar-refractivity contribution in [1.29, 1.82) is 0 Å². The molecule has 0 aromatic heterocycles. The molecule has 0 bridgehead atoms. The fraction of sp³-hybridized carbons (Fsp3) is 0.158. The van der Waals surface area contributed by atoms with Gasteiger partial charge >= 0.3 is 0 Å². The van der Waals surface area contributed by atoms with Gasteiger partial charge in [-0.05, 0) is 48.6 Å². The van der Waals surface area contributed by atoms with E-state index in [9.17, 15) is 0 Å². The van der Waals surface area contributed by atoms with Gasteiger partial charge in [0, 0.05) is 23.8 Å². The Morgan fingerprint density at radius 3 is 2.15 bits per heavy atom. The van der Waals surface area contributed by atoms with Gasteiger partial charge in [0.2, 0.25) is 0 Å². The molecule has 0 N–H and O–H groups in total. The first-order valence-electron chi connectivity index (χ1n) is 6.95. The zero-order valence-corrected chi connectivity index (χ0v) is 12.2. The van der Waals surface area contributed by atoms with Crippen molar-refractivity contribution in [3.8, 4) is 0 Å². The van der Waals surface area contributed by atoms with Gasteiger partial charge in [0.25, 0.3) is 0 Å². The van der Waals surface area contributed by atoms with E-state index in [0.29, 0.717) is 0 Å². The van der Waals surface area contributed by atoms with Crippen molar-refractivity contribution in [2.45, 2.75) is 13.8 Å². The number of fused-ring (bicyclic) bond motifs is 1. The van der Waals surface area contributed by atoms with E-state index < -0.39 is 0 Å². The van der Waals surface area contributed by atoms with Crippen LogP contribution in [0.3, 0.4) is 0 Å². The number of aryl methyl sites for hydroxylation is 2. The Balaban J connectivity index is 2.15. The second-order valence-corrected chi connectivity index (χ2v) is 5.40. The molecule has 0 amide bonds. The summed E-state index contributed by atoms with van der Waals surface area (Å²) in [5.74, 6) is 0. The fourth-order valence-corrected chi connectivity index (χ4v) is 2.78. The molecule has 100 valence electrons. The van der Waals surface area contributed by atoms with Crippen molar-refractivity contribution in [1.82, 2.24) is 0 Å². The smallest absolute Gasteiger partial charge is 0.0487 e. The monoisotopic (exact) mass is 261 g/mol. The molecule has 3 rings (SSSR count). The lowest BCUT2D eigenvalue weighted by Gasteiger charge is -2.22. The first kappa shape index (κ1) is 12.7. The summed E-state index contributed by atoms with van der Waals surface area (Å²) in [6, 6.07) is 21.7. The number of hydrogen-bond donors (Lipinski definition) is 0. The Bertz CT molecular complexity index is 733. The maximum Gasteiger partial charge on any atom is 0.0487 e. The van der Waals surface area contributed by atoms with Gasteiger partial charge in [-0.1, -0.05) is 42.5 Å². The zero-order chi connectivity index (χ0) is 14.1. The van der Waals surface area contributed by atoms with E-state index in [2.05, 4.69) is 86.5 Å². The lowest BCUT2D eigenvalue weighted by Crippen LogP contribution is -2.10. The molecule has 0 fully saturated rings. The first-order valence-corrected chi connectivity index (χ1v) is 6.95. The minimum atomic E-state index is 1.24. The average molecular weight is 261 g/mol. The van der Waals surface area contributed by atoms with Crippen LogP contribution in [0.4, 0.5) is 11.4 Å². The van der Waals surface area contributed by atoms with E-state index in [-0.39, 0.29) is 0 Å². The third-order valence-electron chi connectivity index (χ3n) is 3.72. The summed E-state index contributed by atoms with van der Waals surface area (Å²) in [6.45, 7) is 4.29. The summed E-state index contributed by atoms with van der Waals surface area (Å²) in [5, 5.41) is 2.57. The number of nitrogens with zero attached hydrogens (tertiary/aromatic N) is 1. The molecule has 1 heteroatoms. The Hall–Kier alpha value is -2.28. The van der Waals surface area contributed by atoms with Gasteiger partial charge in [-0.2, -0.15) is 0 Å². The molecule has 1 nitrogen and oxygen atoms in total. The highest BCUT2D eigenvalue weighted by atomic mass is 15.1. The standard InChI is InChI=1S/C19H19N/c1-14-11-15(2)13-17(12-14)20(3)19-10-6-8-16-7-4-5-9-18(16)19/h4-13H,1-3H3.